The molecular formula is C34H35N5O3S. The Labute approximate surface area is 256 Å². The molecule has 0 bridgehead atoms. The number of amides is 3. The second kappa shape index (κ2) is 12.1. The van der Waals surface area contributed by atoms with Gasteiger partial charge in [0.25, 0.3) is 0 Å². The number of benzene rings is 3. The highest BCUT2D eigenvalue weighted by Gasteiger charge is 2.39. The van der Waals surface area contributed by atoms with Gasteiger partial charge in [0, 0.05) is 44.2 Å². The standard InChI is InChI=1S/C34H35N5O3S/c1-23-11-7-9-15-27(23)33-31-32(26-13-5-4-6-14-26)35-39(28-16-10-8-12-24(28)2)34(31)38(30(42)22-43-33)21-29(41)37-19-17-36(18-20-37)25(3)40/h4-16,33H,17-22H2,1-3H3/t33-/m1/s1. The average Bonchev–Trinajstić information content (AvgIpc) is 3.34. The van der Waals surface area contributed by atoms with Crippen molar-refractivity contribution in [2.75, 3.05) is 43.4 Å². The maximum Gasteiger partial charge on any atom is 0.242 e. The molecule has 1 aromatic heterocycles. The summed E-state index contributed by atoms with van der Waals surface area (Å²) in [5.74, 6) is 0.593. The molecule has 0 saturated carbocycles. The van der Waals surface area contributed by atoms with Gasteiger partial charge < -0.3 is 9.80 Å². The Balaban J connectivity index is 1.53. The van der Waals surface area contributed by atoms with Crippen LogP contribution in [0.25, 0.3) is 16.9 Å². The van der Waals surface area contributed by atoms with E-state index in [9.17, 15) is 14.4 Å². The molecule has 3 amide bonds. The van der Waals surface area contributed by atoms with Gasteiger partial charge in [0.15, 0.2) is 0 Å². The number of anilines is 1. The second-order valence-electron chi connectivity index (χ2n) is 11.1. The van der Waals surface area contributed by atoms with Gasteiger partial charge in [-0.15, -0.1) is 11.8 Å². The molecule has 0 aliphatic carbocycles. The first-order valence-electron chi connectivity index (χ1n) is 14.6. The van der Waals surface area contributed by atoms with Crippen LogP contribution in [0, 0.1) is 13.8 Å². The molecule has 0 N–H and O–H groups in total. The molecule has 2 aliphatic heterocycles. The van der Waals surface area contributed by atoms with Crippen LogP contribution < -0.4 is 4.90 Å². The number of fused-ring (bicyclic) bond motifs is 1. The molecule has 3 heterocycles. The van der Waals surface area contributed by atoms with Crippen molar-refractivity contribution in [1.82, 2.24) is 19.6 Å². The number of piperazine rings is 1. The minimum atomic E-state index is -0.174. The second-order valence-corrected chi connectivity index (χ2v) is 12.2. The first-order chi connectivity index (χ1) is 20.8. The Morgan fingerprint density at radius 1 is 0.837 bits per heavy atom. The van der Waals surface area contributed by atoms with E-state index in [4.69, 9.17) is 5.10 Å². The zero-order valence-electron chi connectivity index (χ0n) is 24.7. The summed E-state index contributed by atoms with van der Waals surface area (Å²) in [4.78, 5) is 44.9. The molecule has 1 saturated heterocycles. The Morgan fingerprint density at radius 3 is 2.14 bits per heavy atom. The summed E-state index contributed by atoms with van der Waals surface area (Å²) in [6, 6.07) is 26.3. The highest BCUT2D eigenvalue weighted by Crippen LogP contribution is 2.49. The first kappa shape index (κ1) is 28.7. The quantitative estimate of drug-likeness (QED) is 0.325. The van der Waals surface area contributed by atoms with E-state index < -0.39 is 0 Å². The van der Waals surface area contributed by atoms with Gasteiger partial charge in [0.2, 0.25) is 17.7 Å². The number of thioether (sulfide) groups is 1. The van der Waals surface area contributed by atoms with Crippen LogP contribution in [-0.4, -0.2) is 75.8 Å². The van der Waals surface area contributed by atoms with Gasteiger partial charge >= 0.3 is 0 Å². The molecule has 8 nitrogen and oxygen atoms in total. The molecule has 220 valence electrons. The van der Waals surface area contributed by atoms with E-state index >= 15 is 0 Å². The molecule has 4 aromatic rings. The third-order valence-electron chi connectivity index (χ3n) is 8.32. The van der Waals surface area contributed by atoms with Crippen molar-refractivity contribution in [3.05, 3.63) is 101 Å². The van der Waals surface area contributed by atoms with Gasteiger partial charge in [0.05, 0.1) is 22.4 Å². The predicted octanol–water partition coefficient (Wildman–Crippen LogP) is 5.02. The number of para-hydroxylation sites is 1. The number of aryl methyl sites for hydroxylation is 2. The van der Waals surface area contributed by atoms with Crippen molar-refractivity contribution in [2.45, 2.75) is 26.0 Å². The summed E-state index contributed by atoms with van der Waals surface area (Å²) in [5, 5.41) is 5.04. The lowest BCUT2D eigenvalue weighted by Gasteiger charge is -2.35. The Morgan fingerprint density at radius 2 is 1.47 bits per heavy atom. The summed E-state index contributed by atoms with van der Waals surface area (Å²) in [7, 11) is 0. The Bertz CT molecular complexity index is 1680. The summed E-state index contributed by atoms with van der Waals surface area (Å²) in [5.41, 5.74) is 6.79. The average molecular weight is 594 g/mol. The fraction of sp³-hybridized carbons (Fsp3) is 0.294. The number of carbonyl (C=O) groups is 3. The largest absolute Gasteiger partial charge is 0.339 e. The zero-order valence-corrected chi connectivity index (χ0v) is 25.5. The first-order valence-corrected chi connectivity index (χ1v) is 15.6. The van der Waals surface area contributed by atoms with E-state index in [0.717, 1.165) is 39.2 Å². The zero-order chi connectivity index (χ0) is 30.1. The van der Waals surface area contributed by atoms with Gasteiger partial charge in [-0.1, -0.05) is 72.8 Å². The molecule has 0 unspecified atom stereocenters. The fourth-order valence-corrected chi connectivity index (χ4v) is 7.22. The highest BCUT2D eigenvalue weighted by molar-refractivity contribution is 8.00. The summed E-state index contributed by atoms with van der Waals surface area (Å²) in [6.45, 7) is 7.45. The smallest absolute Gasteiger partial charge is 0.242 e. The monoisotopic (exact) mass is 593 g/mol. The van der Waals surface area contributed by atoms with Crippen LogP contribution in [0.3, 0.4) is 0 Å². The van der Waals surface area contributed by atoms with E-state index in [0.29, 0.717) is 32.0 Å². The van der Waals surface area contributed by atoms with Gasteiger partial charge in [-0.2, -0.15) is 5.10 Å². The van der Waals surface area contributed by atoms with Crippen molar-refractivity contribution in [1.29, 1.82) is 0 Å². The van der Waals surface area contributed by atoms with Crippen LogP contribution in [0.2, 0.25) is 0 Å². The third-order valence-corrected chi connectivity index (χ3v) is 9.56. The number of hydrogen-bond acceptors (Lipinski definition) is 5. The van der Waals surface area contributed by atoms with Gasteiger partial charge in [-0.05, 0) is 36.6 Å². The minimum absolute atomic E-state index is 0.00860. The summed E-state index contributed by atoms with van der Waals surface area (Å²) in [6.07, 6.45) is 0. The van der Waals surface area contributed by atoms with Gasteiger partial charge in [-0.25, -0.2) is 4.68 Å². The molecule has 0 radical (unpaired) electrons. The van der Waals surface area contributed by atoms with Crippen LogP contribution in [0.1, 0.15) is 34.4 Å². The van der Waals surface area contributed by atoms with Crippen LogP contribution in [0.4, 0.5) is 5.82 Å². The summed E-state index contributed by atoms with van der Waals surface area (Å²) >= 11 is 1.58. The van der Waals surface area contributed by atoms with Crippen LogP contribution >= 0.6 is 11.8 Å². The van der Waals surface area contributed by atoms with Crippen LogP contribution in [0.5, 0.6) is 0 Å². The Hall–Kier alpha value is -4.37. The Kier molecular flexibility index (Phi) is 8.08. The molecule has 1 fully saturated rings. The molecule has 3 aromatic carbocycles. The molecule has 6 rings (SSSR count). The molecule has 43 heavy (non-hydrogen) atoms. The highest BCUT2D eigenvalue weighted by atomic mass is 32.2. The van der Waals surface area contributed by atoms with E-state index in [1.165, 1.54) is 0 Å². The van der Waals surface area contributed by atoms with E-state index in [1.807, 2.05) is 78.3 Å². The van der Waals surface area contributed by atoms with E-state index in [2.05, 4.69) is 19.1 Å². The predicted molar refractivity (Wildman–Crippen MR) is 170 cm³/mol. The lowest BCUT2D eigenvalue weighted by Crippen LogP contribution is -2.53. The number of rotatable bonds is 5. The lowest BCUT2D eigenvalue weighted by molar-refractivity contribution is -0.137. The molecule has 1 atom stereocenters. The van der Waals surface area contributed by atoms with Crippen LogP contribution in [-0.2, 0) is 14.4 Å². The maximum absolute atomic E-state index is 14.1. The maximum atomic E-state index is 14.1. The third kappa shape index (κ3) is 5.57. The van der Waals surface area contributed by atoms with Crippen molar-refractivity contribution < 1.29 is 14.4 Å². The van der Waals surface area contributed by atoms with E-state index in [-0.39, 0.29) is 35.3 Å². The normalized spacial score (nSPS) is 17.0. The van der Waals surface area contributed by atoms with Gasteiger partial charge in [0.1, 0.15) is 12.4 Å². The van der Waals surface area contributed by atoms with Crippen molar-refractivity contribution >= 4 is 35.3 Å². The van der Waals surface area contributed by atoms with Crippen molar-refractivity contribution in [3.8, 4) is 16.9 Å². The SMILES string of the molecule is CC(=O)N1CCN(C(=O)CN2C(=O)CS[C@H](c3ccccc3C)c3c(-c4ccccc4)nn(-c4ccccc4C)c32)CC1. The number of nitrogens with zero attached hydrogens (tertiary/aromatic N) is 5. The molecular weight excluding hydrogens is 558 g/mol. The number of carbonyl (C=O) groups excluding carboxylic acids is 3. The minimum Gasteiger partial charge on any atom is -0.339 e. The van der Waals surface area contributed by atoms with Gasteiger partial charge in [-0.3, -0.25) is 19.3 Å². The van der Waals surface area contributed by atoms with E-state index in [1.54, 1.807) is 33.4 Å². The number of hydrogen-bond donors (Lipinski definition) is 0. The molecule has 9 heteroatoms. The molecule has 2 aliphatic rings. The fourth-order valence-electron chi connectivity index (χ4n) is 5.93. The van der Waals surface area contributed by atoms with Crippen LogP contribution in [0.15, 0.2) is 78.9 Å². The van der Waals surface area contributed by atoms with Crippen molar-refractivity contribution in [3.63, 3.8) is 0 Å². The topological polar surface area (TPSA) is 78.8 Å². The summed E-state index contributed by atoms with van der Waals surface area (Å²) < 4.78 is 1.86. The lowest BCUT2D eigenvalue weighted by atomic mass is 9.96. The van der Waals surface area contributed by atoms with Crippen molar-refractivity contribution in [2.24, 2.45) is 0 Å². The molecule has 0 spiro atoms. The number of aromatic nitrogens is 2.